The Morgan fingerprint density at radius 1 is 1.40 bits per heavy atom. The zero-order valence-electron chi connectivity index (χ0n) is 8.34. The molecule has 1 heterocycles. The van der Waals surface area contributed by atoms with E-state index < -0.39 is 0 Å². The summed E-state index contributed by atoms with van der Waals surface area (Å²) in [6.45, 7) is 1.83. The predicted molar refractivity (Wildman–Crippen MR) is 64.7 cm³/mol. The summed E-state index contributed by atoms with van der Waals surface area (Å²) in [7, 11) is 0. The van der Waals surface area contributed by atoms with Crippen molar-refractivity contribution >= 4 is 28.2 Å². The van der Waals surface area contributed by atoms with E-state index in [2.05, 4.69) is 4.98 Å². The smallest absolute Gasteiger partial charge is 0.0816 e. The molecule has 2 nitrogen and oxygen atoms in total. The van der Waals surface area contributed by atoms with Crippen molar-refractivity contribution < 1.29 is 0 Å². The fraction of sp³-hybridized carbons (Fsp3) is 0.0833. The number of fused-ring (bicyclic) bond motifs is 1. The molecule has 0 aliphatic rings. The van der Waals surface area contributed by atoms with Crippen molar-refractivity contribution in [2.75, 3.05) is 0 Å². The number of para-hydroxylation sites is 1. The lowest BCUT2D eigenvalue weighted by Gasteiger charge is -1.99. The van der Waals surface area contributed by atoms with Gasteiger partial charge < -0.3 is 4.98 Å². The molecule has 0 bridgehead atoms. The summed E-state index contributed by atoms with van der Waals surface area (Å²) in [5.41, 5.74) is 2.23. The van der Waals surface area contributed by atoms with Crippen LogP contribution in [0.5, 0.6) is 0 Å². The highest BCUT2D eigenvalue weighted by atomic mass is 35.5. The van der Waals surface area contributed by atoms with E-state index >= 15 is 0 Å². The molecule has 0 aliphatic heterocycles. The molecule has 2 N–H and O–H groups in total. The number of hydrogen-bond donors (Lipinski definition) is 2. The second-order valence-electron chi connectivity index (χ2n) is 3.26. The highest BCUT2D eigenvalue weighted by Crippen LogP contribution is 2.21. The summed E-state index contributed by atoms with van der Waals surface area (Å²) >= 11 is 5.93. The van der Waals surface area contributed by atoms with Crippen molar-refractivity contribution in [2.24, 2.45) is 0 Å². The largest absolute Gasteiger partial charge is 0.360 e. The van der Waals surface area contributed by atoms with E-state index in [0.29, 0.717) is 10.7 Å². The van der Waals surface area contributed by atoms with E-state index in [9.17, 15) is 0 Å². The van der Waals surface area contributed by atoms with Crippen LogP contribution in [0.4, 0.5) is 0 Å². The summed E-state index contributed by atoms with van der Waals surface area (Å²) in [6.07, 6.45) is 3.55. The quantitative estimate of drug-likeness (QED) is 0.722. The Balaban J connectivity index is 2.58. The molecule has 2 rings (SSSR count). The summed E-state index contributed by atoms with van der Waals surface area (Å²) < 4.78 is 0. The van der Waals surface area contributed by atoms with Gasteiger partial charge in [0, 0.05) is 22.7 Å². The van der Waals surface area contributed by atoms with Crippen LogP contribution in [0.2, 0.25) is 0 Å². The second-order valence-corrected chi connectivity index (χ2v) is 3.67. The number of nitrogens with one attached hydrogen (secondary N) is 2. The van der Waals surface area contributed by atoms with Crippen LogP contribution in [0.15, 0.2) is 41.6 Å². The van der Waals surface area contributed by atoms with Gasteiger partial charge in [-0.05, 0) is 13.0 Å². The van der Waals surface area contributed by atoms with E-state index in [1.807, 2.05) is 37.4 Å². The first-order valence-electron chi connectivity index (χ1n) is 4.71. The first-order valence-corrected chi connectivity index (χ1v) is 5.09. The predicted octanol–water partition coefficient (Wildman–Crippen LogP) is 3.68. The number of aromatic nitrogens is 1. The molecule has 0 radical (unpaired) electrons. The van der Waals surface area contributed by atoms with Gasteiger partial charge in [0.1, 0.15) is 0 Å². The van der Waals surface area contributed by atoms with Crippen LogP contribution in [0.25, 0.3) is 10.9 Å². The minimum absolute atomic E-state index is 0.358. The highest BCUT2D eigenvalue weighted by molar-refractivity contribution is 6.46. The van der Waals surface area contributed by atoms with Gasteiger partial charge >= 0.3 is 0 Å². The molecule has 0 spiro atoms. The standard InChI is InChI=1S/C12H11ClN2/c1-2-10(13)12(14)9-7-15-11-6-4-3-5-8(9)11/h2-7,14-15H,1H3. The number of H-pyrrole nitrogens is 1. The average molecular weight is 219 g/mol. The van der Waals surface area contributed by atoms with Gasteiger partial charge in [-0.2, -0.15) is 0 Å². The van der Waals surface area contributed by atoms with Crippen molar-refractivity contribution in [3.05, 3.63) is 47.1 Å². The van der Waals surface area contributed by atoms with Crippen LogP contribution >= 0.6 is 11.6 Å². The Labute approximate surface area is 93.1 Å². The van der Waals surface area contributed by atoms with E-state index in [4.69, 9.17) is 17.0 Å². The fourth-order valence-corrected chi connectivity index (χ4v) is 1.65. The molecule has 0 amide bonds. The van der Waals surface area contributed by atoms with Crippen LogP contribution in [0.1, 0.15) is 12.5 Å². The van der Waals surface area contributed by atoms with Crippen LogP contribution in [-0.2, 0) is 0 Å². The normalized spacial score (nSPS) is 12.0. The SMILES string of the molecule is CC=C(Cl)C(=N)c1c[nH]c2ccccc12. The summed E-state index contributed by atoms with van der Waals surface area (Å²) in [5.74, 6) is 0. The van der Waals surface area contributed by atoms with Gasteiger partial charge in [0.2, 0.25) is 0 Å². The Morgan fingerprint density at radius 2 is 2.13 bits per heavy atom. The maximum absolute atomic E-state index is 7.91. The molecule has 0 saturated heterocycles. The summed E-state index contributed by atoms with van der Waals surface area (Å²) in [4.78, 5) is 3.12. The molecule has 76 valence electrons. The molecule has 0 unspecified atom stereocenters. The molecular formula is C12H11ClN2. The van der Waals surface area contributed by atoms with Crippen molar-refractivity contribution in [1.82, 2.24) is 4.98 Å². The molecule has 0 saturated carbocycles. The first-order chi connectivity index (χ1) is 7.24. The highest BCUT2D eigenvalue weighted by Gasteiger charge is 2.09. The van der Waals surface area contributed by atoms with Crippen molar-refractivity contribution in [3.8, 4) is 0 Å². The van der Waals surface area contributed by atoms with Crippen molar-refractivity contribution in [1.29, 1.82) is 5.41 Å². The second kappa shape index (κ2) is 3.91. The lowest BCUT2D eigenvalue weighted by Crippen LogP contribution is -1.97. The third kappa shape index (κ3) is 1.68. The van der Waals surface area contributed by atoms with Crippen LogP contribution in [-0.4, -0.2) is 10.7 Å². The topological polar surface area (TPSA) is 39.6 Å². The van der Waals surface area contributed by atoms with Crippen molar-refractivity contribution in [3.63, 3.8) is 0 Å². The lowest BCUT2D eigenvalue weighted by atomic mass is 10.1. The van der Waals surface area contributed by atoms with E-state index in [1.165, 1.54) is 0 Å². The molecule has 3 heteroatoms. The molecule has 0 aliphatic carbocycles. The van der Waals surface area contributed by atoms with Crippen molar-refractivity contribution in [2.45, 2.75) is 6.92 Å². The molecule has 1 aromatic carbocycles. The summed E-state index contributed by atoms with van der Waals surface area (Å²) in [5, 5.41) is 9.42. The number of aromatic amines is 1. The first kappa shape index (κ1) is 9.99. The lowest BCUT2D eigenvalue weighted by molar-refractivity contribution is 1.45. The van der Waals surface area contributed by atoms with Gasteiger partial charge in [0.15, 0.2) is 0 Å². The van der Waals surface area contributed by atoms with E-state index in [-0.39, 0.29) is 0 Å². The van der Waals surface area contributed by atoms with Crippen LogP contribution in [0, 0.1) is 5.41 Å². The van der Waals surface area contributed by atoms with Gasteiger partial charge in [-0.15, -0.1) is 0 Å². The summed E-state index contributed by atoms with van der Waals surface area (Å²) in [6, 6.07) is 7.88. The van der Waals surface area contributed by atoms with Gasteiger partial charge in [-0.25, -0.2) is 0 Å². The number of rotatable bonds is 2. The van der Waals surface area contributed by atoms with Crippen LogP contribution < -0.4 is 0 Å². The molecule has 0 fully saturated rings. The van der Waals surface area contributed by atoms with Gasteiger partial charge in [0.25, 0.3) is 0 Å². The maximum Gasteiger partial charge on any atom is 0.0816 e. The van der Waals surface area contributed by atoms with E-state index in [0.717, 1.165) is 16.5 Å². The number of allylic oxidation sites excluding steroid dienone is 2. The maximum atomic E-state index is 7.91. The number of hydrogen-bond acceptors (Lipinski definition) is 1. The molecule has 2 aromatic rings. The Morgan fingerprint density at radius 3 is 2.87 bits per heavy atom. The Kier molecular flexibility index (Phi) is 2.60. The van der Waals surface area contributed by atoms with E-state index in [1.54, 1.807) is 6.08 Å². The molecule has 0 atom stereocenters. The zero-order valence-corrected chi connectivity index (χ0v) is 9.10. The van der Waals surface area contributed by atoms with Gasteiger partial charge in [-0.1, -0.05) is 35.9 Å². The number of halogens is 1. The Hall–Kier alpha value is -1.54. The van der Waals surface area contributed by atoms with Gasteiger partial charge in [0.05, 0.1) is 10.7 Å². The monoisotopic (exact) mass is 218 g/mol. The Bertz CT molecular complexity index is 537. The number of benzene rings is 1. The zero-order chi connectivity index (χ0) is 10.8. The molecule has 15 heavy (non-hydrogen) atoms. The van der Waals surface area contributed by atoms with Crippen LogP contribution in [0.3, 0.4) is 0 Å². The molecule has 1 aromatic heterocycles. The fourth-order valence-electron chi connectivity index (χ4n) is 1.55. The third-order valence-electron chi connectivity index (χ3n) is 2.35. The molecular weight excluding hydrogens is 208 g/mol. The minimum Gasteiger partial charge on any atom is -0.360 e. The third-order valence-corrected chi connectivity index (χ3v) is 2.76. The minimum atomic E-state index is 0.358. The average Bonchev–Trinajstić information content (AvgIpc) is 2.70. The van der Waals surface area contributed by atoms with Gasteiger partial charge in [-0.3, -0.25) is 5.41 Å².